The second-order valence-electron chi connectivity index (χ2n) is 10.3. The zero-order chi connectivity index (χ0) is 35.6. The van der Waals surface area contributed by atoms with E-state index in [9.17, 15) is 27.0 Å². The Bertz CT molecular complexity index is 1870. The number of para-hydroxylation sites is 2. The molecule has 0 bridgehead atoms. The standard InChI is InChI=1S/2C16H15N2O4S.2ClH.Zn/c2*17-23(20,21)13-7-5-12(6-8-13)18-9-11-10-22-15-4-2-1-3-14(15)16(11)19;;;/h2*1-8,10,16,19H,9H2,(H2,17,20,21);2*1H;/q2*-1;;;+2/p-2. The van der Waals surface area contributed by atoms with E-state index in [2.05, 4.69) is 10.6 Å². The van der Waals surface area contributed by atoms with Crippen LogP contribution in [0.2, 0.25) is 0 Å². The van der Waals surface area contributed by atoms with Crippen molar-refractivity contribution in [1.82, 2.24) is 0 Å². The molecule has 256 valence electrons. The molecule has 17 heteroatoms. The maximum atomic E-state index is 11.2. The van der Waals surface area contributed by atoms with E-state index in [0.29, 0.717) is 45.1 Å². The third-order valence-electron chi connectivity index (χ3n) is 7.02. The molecule has 49 heavy (non-hydrogen) atoms. The van der Waals surface area contributed by atoms with Gasteiger partial charge < -0.3 is 30.3 Å². The van der Waals surface area contributed by atoms with Gasteiger partial charge in [-0.05, 0) is 47.5 Å². The molecule has 0 aromatic heterocycles. The van der Waals surface area contributed by atoms with Crippen LogP contribution in [0.1, 0.15) is 23.3 Å². The summed E-state index contributed by atoms with van der Waals surface area (Å²) in [5.41, 5.74) is 3.82. The van der Waals surface area contributed by atoms with Crippen molar-refractivity contribution in [2.24, 2.45) is 10.3 Å². The van der Waals surface area contributed by atoms with E-state index in [1.807, 2.05) is 24.3 Å². The monoisotopic (exact) mass is 796 g/mol. The Morgan fingerprint density at radius 1 is 0.612 bits per heavy atom. The number of fused-ring (bicyclic) bond motifs is 2. The van der Waals surface area contributed by atoms with Gasteiger partial charge in [-0.25, -0.2) is 27.1 Å². The van der Waals surface area contributed by atoms with Crippen molar-refractivity contribution in [3.8, 4) is 11.5 Å². The average Bonchev–Trinajstić information content (AvgIpc) is 3.08. The molecule has 2 atom stereocenters. The predicted octanol–water partition coefficient (Wildman–Crippen LogP) is 6.07. The zero-order valence-electron chi connectivity index (χ0n) is 25.6. The van der Waals surface area contributed by atoms with E-state index < -0.39 is 47.4 Å². The molecule has 2 unspecified atom stereocenters. The summed E-state index contributed by atoms with van der Waals surface area (Å²) in [6.45, 7) is 0.481. The van der Waals surface area contributed by atoms with Gasteiger partial charge in [-0.3, -0.25) is 0 Å². The number of hydrogen-bond donors (Lipinski definition) is 4. The Morgan fingerprint density at radius 3 is 1.27 bits per heavy atom. The Labute approximate surface area is 300 Å². The van der Waals surface area contributed by atoms with Crippen LogP contribution in [0.5, 0.6) is 11.5 Å². The molecule has 0 saturated carbocycles. The number of primary sulfonamides is 2. The topological polar surface area (TPSA) is 207 Å². The van der Waals surface area contributed by atoms with Crippen molar-refractivity contribution < 1.29 is 51.7 Å². The molecule has 2 aliphatic heterocycles. The van der Waals surface area contributed by atoms with E-state index in [1.54, 1.807) is 48.5 Å². The van der Waals surface area contributed by atoms with E-state index in [0.717, 1.165) is 0 Å². The van der Waals surface area contributed by atoms with Crippen LogP contribution in [0.25, 0.3) is 10.6 Å². The molecule has 12 nitrogen and oxygen atoms in total. The van der Waals surface area contributed by atoms with Crippen molar-refractivity contribution in [2.45, 2.75) is 22.0 Å². The summed E-state index contributed by atoms with van der Waals surface area (Å²) in [5.74, 6) is 1.25. The van der Waals surface area contributed by atoms with Crippen molar-refractivity contribution in [2.75, 3.05) is 13.1 Å². The van der Waals surface area contributed by atoms with Gasteiger partial charge in [0.25, 0.3) is 0 Å². The Hall–Kier alpha value is -3.50. The van der Waals surface area contributed by atoms with Crippen molar-refractivity contribution in [3.05, 3.63) is 142 Å². The quantitative estimate of drug-likeness (QED) is 0.153. The molecule has 6 rings (SSSR count). The Kier molecular flexibility index (Phi) is 13.6. The number of halogens is 2. The number of aliphatic hydroxyl groups is 2. The average molecular weight is 799 g/mol. The summed E-state index contributed by atoms with van der Waals surface area (Å²) in [7, 11) is 2.48. The molecule has 2 aliphatic rings. The predicted molar refractivity (Wildman–Crippen MR) is 183 cm³/mol. The fraction of sp³-hybridized carbons (Fsp3) is 0.125. The summed E-state index contributed by atoms with van der Waals surface area (Å²) in [4.78, 5) is 0.0660. The molecule has 0 radical (unpaired) electrons. The van der Waals surface area contributed by atoms with Crippen molar-refractivity contribution in [1.29, 1.82) is 0 Å². The Balaban J connectivity index is 0.000000205. The van der Waals surface area contributed by atoms with Gasteiger partial charge in [-0.2, -0.15) is 0 Å². The maximum absolute atomic E-state index is 11.2. The van der Waals surface area contributed by atoms with E-state index in [-0.39, 0.29) is 22.9 Å². The summed E-state index contributed by atoms with van der Waals surface area (Å²) < 4.78 is 55.8. The molecule has 0 fully saturated rings. The molecule has 4 aromatic rings. The van der Waals surface area contributed by atoms with Crippen LogP contribution in [-0.4, -0.2) is 40.1 Å². The van der Waals surface area contributed by atoms with Crippen LogP contribution in [0.4, 0.5) is 11.4 Å². The van der Waals surface area contributed by atoms with Gasteiger partial charge >= 0.3 is 34.5 Å². The van der Waals surface area contributed by atoms with Gasteiger partial charge in [-0.1, -0.05) is 60.7 Å². The van der Waals surface area contributed by atoms with Gasteiger partial charge in [0, 0.05) is 11.1 Å². The number of hydrogen-bond acceptors (Lipinski definition) is 8. The molecular formula is C32H30Cl2N4O8S2Zn-2. The van der Waals surface area contributed by atoms with Gasteiger partial charge in [0.15, 0.2) is 0 Å². The van der Waals surface area contributed by atoms with Crippen LogP contribution < -0.4 is 19.8 Å². The normalized spacial score (nSPS) is 16.1. The van der Waals surface area contributed by atoms with E-state index >= 15 is 0 Å². The number of sulfonamides is 2. The summed E-state index contributed by atoms with van der Waals surface area (Å²) in [5, 5.41) is 39.4. The molecule has 2 heterocycles. The first kappa shape index (κ1) is 38.3. The first-order valence-corrected chi connectivity index (χ1v) is 25.2. The second kappa shape index (κ2) is 17.4. The number of aliphatic hydroxyl groups excluding tert-OH is 2. The van der Waals surface area contributed by atoms with E-state index in [1.165, 1.54) is 36.8 Å². The van der Waals surface area contributed by atoms with Gasteiger partial charge in [-0.15, -0.1) is 24.5 Å². The number of rotatable bonds is 8. The fourth-order valence-electron chi connectivity index (χ4n) is 4.53. The Morgan fingerprint density at radius 2 is 0.939 bits per heavy atom. The molecule has 4 aromatic carbocycles. The molecular weight excluding hydrogens is 769 g/mol. The van der Waals surface area contributed by atoms with Crippen LogP contribution in [0.15, 0.2) is 131 Å². The molecule has 6 N–H and O–H groups in total. The minimum atomic E-state index is -3.71. The number of ether oxygens (including phenoxy) is 2. The third-order valence-corrected chi connectivity index (χ3v) is 8.88. The molecule has 0 amide bonds. The van der Waals surface area contributed by atoms with Crippen molar-refractivity contribution >= 4 is 50.8 Å². The number of nitrogens with two attached hydrogens (primary N) is 2. The zero-order valence-corrected chi connectivity index (χ0v) is 31.7. The fourth-order valence-corrected chi connectivity index (χ4v) is 5.56. The molecule has 0 saturated heterocycles. The molecule has 0 spiro atoms. The number of benzene rings is 4. The van der Waals surface area contributed by atoms with Gasteiger partial charge in [0.05, 0.1) is 22.3 Å². The van der Waals surface area contributed by atoms with Crippen molar-refractivity contribution in [3.63, 3.8) is 0 Å². The molecule has 0 aliphatic carbocycles. The third kappa shape index (κ3) is 10.7. The second-order valence-corrected chi connectivity index (χ2v) is 18.1. The van der Waals surface area contributed by atoms with Crippen LogP contribution in [-0.2, 0) is 35.2 Å². The minimum absolute atomic E-state index is 0.0330. The number of nitrogens with zero attached hydrogens (tertiary/aromatic N) is 2. The van der Waals surface area contributed by atoms with E-state index in [4.69, 9.17) is 39.1 Å². The van der Waals surface area contributed by atoms with Crippen LogP contribution in [0, 0.1) is 0 Å². The first-order valence-electron chi connectivity index (χ1n) is 14.3. The SMILES string of the molecule is NS(=O)(=O)c1ccc([N-]CC2=COc3ccccc3C2O)cc1.NS(=O)(=O)c1ccc([N-]CC2=COc3ccccc3C2O)cc1.[Cl][Zn][Cl]. The van der Waals surface area contributed by atoms with Gasteiger partial charge in [0.1, 0.15) is 23.7 Å². The summed E-state index contributed by atoms with van der Waals surface area (Å²) in [6, 6.07) is 26.3. The van der Waals surface area contributed by atoms with Crippen LogP contribution in [0.3, 0.4) is 0 Å². The van der Waals surface area contributed by atoms with Gasteiger partial charge in [0.2, 0.25) is 20.0 Å². The summed E-state index contributed by atoms with van der Waals surface area (Å²) in [6.07, 6.45) is 1.45. The summed E-state index contributed by atoms with van der Waals surface area (Å²) >= 11 is -0.931. The first-order chi connectivity index (χ1) is 23.3. The van der Waals surface area contributed by atoms with Crippen LogP contribution >= 0.6 is 19.4 Å².